The van der Waals surface area contributed by atoms with Crippen molar-refractivity contribution in [3.05, 3.63) is 0 Å². The molecule has 0 radical (unpaired) electrons. The Hall–Kier alpha value is -0.320. The fraction of sp³-hybridized carbons (Fsp3) is 0.952. The van der Waals surface area contributed by atoms with Gasteiger partial charge in [0.2, 0.25) is 0 Å². The average molecular weight is 394 g/mol. The molecule has 0 N–H and O–H groups in total. The Balaban J connectivity index is 0. The number of hydrogen-bond donors (Lipinski definition) is 0. The monoisotopic (exact) mass is 393 g/mol. The van der Waals surface area contributed by atoms with E-state index in [0.717, 1.165) is 12.8 Å². The molecule has 0 aliphatic carbocycles. The molecule has 0 amide bonds. The predicted octanol–water partition coefficient (Wildman–Crippen LogP) is 2.65. The summed E-state index contributed by atoms with van der Waals surface area (Å²) in [6.07, 6.45) is 10.3. The lowest BCUT2D eigenvalue weighted by molar-refractivity contribution is -0.923. The molecule has 0 aromatic rings. The second kappa shape index (κ2) is 15.7. The third kappa shape index (κ3) is 14.8. The fourth-order valence-electron chi connectivity index (χ4n) is 3.14. The van der Waals surface area contributed by atoms with Crippen molar-refractivity contribution in [2.24, 2.45) is 0 Å². The molecule has 0 saturated carbocycles. The van der Waals surface area contributed by atoms with Crippen molar-refractivity contribution in [3.8, 4) is 0 Å². The van der Waals surface area contributed by atoms with Gasteiger partial charge >= 0.3 is 5.97 Å². The van der Waals surface area contributed by atoms with Crippen molar-refractivity contribution < 1.29 is 31.5 Å². The fourth-order valence-corrected chi connectivity index (χ4v) is 3.14. The van der Waals surface area contributed by atoms with E-state index in [1.54, 1.807) is 0 Å². The van der Waals surface area contributed by atoms with Crippen LogP contribution in [0.3, 0.4) is 0 Å². The van der Waals surface area contributed by atoms with Crippen molar-refractivity contribution in [3.63, 3.8) is 0 Å². The Bertz CT molecular complexity index is 330. The van der Waals surface area contributed by atoms with Crippen molar-refractivity contribution in [1.82, 2.24) is 0 Å². The molecule has 0 heterocycles. The minimum absolute atomic E-state index is 0. The van der Waals surface area contributed by atoms with Crippen LogP contribution in [0.2, 0.25) is 0 Å². The van der Waals surface area contributed by atoms with E-state index in [1.807, 2.05) is 20.8 Å². The number of hydrogen-bond acceptors (Lipinski definition) is 3. The van der Waals surface area contributed by atoms with Gasteiger partial charge in [0.25, 0.3) is 0 Å². The molecule has 0 atom stereocenters. The molecule has 4 nitrogen and oxygen atoms in total. The zero-order valence-electron chi connectivity index (χ0n) is 18.2. The summed E-state index contributed by atoms with van der Waals surface area (Å²) in [7, 11) is 0. The van der Waals surface area contributed by atoms with Crippen LogP contribution in [-0.4, -0.2) is 42.2 Å². The van der Waals surface area contributed by atoms with Gasteiger partial charge in [0.05, 0.1) is 26.2 Å². The number of unbranched alkanes of at least 4 members (excludes halogenated alkanes) is 7. The van der Waals surface area contributed by atoms with Crippen LogP contribution in [0.1, 0.15) is 99.3 Å². The Kier molecular flexibility index (Phi) is 16.9. The molecule has 0 saturated heterocycles. The quantitative estimate of drug-likeness (QED) is 0.186. The minimum Gasteiger partial charge on any atom is -1.00 e. The number of carbonyl (C=O) groups is 1. The molecule has 0 aromatic carbocycles. The molecule has 0 aliphatic rings. The van der Waals surface area contributed by atoms with Crippen LogP contribution in [0.15, 0.2) is 0 Å². The van der Waals surface area contributed by atoms with Gasteiger partial charge in [0.15, 0.2) is 0 Å². The molecular weight excluding hydrogens is 350 g/mol. The van der Waals surface area contributed by atoms with Crippen LogP contribution in [0.5, 0.6) is 0 Å². The maximum Gasteiger partial charge on any atom is 0.342 e. The first-order valence-electron chi connectivity index (χ1n) is 10.5. The summed E-state index contributed by atoms with van der Waals surface area (Å²) in [6.45, 7) is 17.7. The van der Waals surface area contributed by atoms with Crippen molar-refractivity contribution in [2.75, 3.05) is 26.2 Å². The third-order valence-electron chi connectivity index (χ3n) is 5.16. The lowest BCUT2D eigenvalue weighted by Crippen LogP contribution is -3.00. The van der Waals surface area contributed by atoms with E-state index in [4.69, 9.17) is 9.78 Å². The number of halogens is 1. The summed E-state index contributed by atoms with van der Waals surface area (Å²) in [5.41, 5.74) is -0.431. The van der Waals surface area contributed by atoms with Crippen molar-refractivity contribution in [2.45, 2.75) is 105 Å². The number of quaternary nitrogens is 1. The van der Waals surface area contributed by atoms with Gasteiger partial charge in [0.1, 0.15) is 5.60 Å². The van der Waals surface area contributed by atoms with Gasteiger partial charge in [-0.25, -0.2) is 4.79 Å². The Morgan fingerprint density at radius 1 is 0.769 bits per heavy atom. The number of carbonyl (C=O) groups excluding carboxylic acids is 1. The topological polar surface area (TPSA) is 35.5 Å². The normalized spacial score (nSPS) is 11.9. The van der Waals surface area contributed by atoms with Crippen LogP contribution in [-0.2, 0) is 14.6 Å². The second-order valence-electron chi connectivity index (χ2n) is 8.24. The SMILES string of the molecule is CC[N+](CC)(CC)CCCCCCCCCCC(=O)OOC(C)(C)C.[Cl-]. The van der Waals surface area contributed by atoms with Crippen LogP contribution in [0.25, 0.3) is 0 Å². The first-order valence-corrected chi connectivity index (χ1v) is 10.5. The standard InChI is InChI=1S/C21H44NO3.ClH/c1-7-22(8-2,9-3)19-17-15-13-11-10-12-14-16-18-20(23)24-25-21(4,5)6;/h7-19H2,1-6H3;1H/q+1;/p-1. The zero-order chi connectivity index (χ0) is 19.2. The maximum absolute atomic E-state index is 11.5. The summed E-state index contributed by atoms with van der Waals surface area (Å²) in [4.78, 5) is 21.3. The van der Waals surface area contributed by atoms with Gasteiger partial charge in [-0.15, -0.1) is 0 Å². The first-order chi connectivity index (χ1) is 11.8. The molecule has 0 bridgehead atoms. The van der Waals surface area contributed by atoms with Crippen LogP contribution in [0, 0.1) is 0 Å². The van der Waals surface area contributed by atoms with Crippen molar-refractivity contribution >= 4 is 5.97 Å². The van der Waals surface area contributed by atoms with E-state index < -0.39 is 5.60 Å². The van der Waals surface area contributed by atoms with E-state index in [1.165, 1.54) is 69.2 Å². The highest BCUT2D eigenvalue weighted by Gasteiger charge is 2.19. The summed E-state index contributed by atoms with van der Waals surface area (Å²) in [5, 5.41) is 0. The third-order valence-corrected chi connectivity index (χ3v) is 5.16. The van der Waals surface area contributed by atoms with Gasteiger partial charge in [-0.05, 0) is 60.8 Å². The van der Waals surface area contributed by atoms with E-state index in [9.17, 15) is 4.79 Å². The Labute approximate surface area is 168 Å². The molecule has 0 aliphatic heterocycles. The lowest BCUT2D eigenvalue weighted by Gasteiger charge is -2.35. The van der Waals surface area contributed by atoms with Gasteiger partial charge < -0.3 is 16.9 Å². The predicted molar refractivity (Wildman–Crippen MR) is 105 cm³/mol. The van der Waals surface area contributed by atoms with Gasteiger partial charge in [0, 0.05) is 6.42 Å². The molecule has 26 heavy (non-hydrogen) atoms. The maximum atomic E-state index is 11.5. The lowest BCUT2D eigenvalue weighted by atomic mass is 10.1. The van der Waals surface area contributed by atoms with Crippen LogP contribution in [0.4, 0.5) is 0 Å². The highest BCUT2D eigenvalue weighted by molar-refractivity contribution is 5.68. The second-order valence-corrected chi connectivity index (χ2v) is 8.24. The summed E-state index contributed by atoms with van der Waals surface area (Å²) in [5.74, 6) is -0.251. The Morgan fingerprint density at radius 3 is 1.62 bits per heavy atom. The van der Waals surface area contributed by atoms with E-state index in [0.29, 0.717) is 6.42 Å². The molecule has 0 rings (SSSR count). The average Bonchev–Trinajstić information content (AvgIpc) is 2.58. The minimum atomic E-state index is -0.431. The molecule has 0 unspecified atom stereocenters. The summed E-state index contributed by atoms with van der Waals surface area (Å²) in [6, 6.07) is 0. The molecular formula is C21H44ClNO3. The summed E-state index contributed by atoms with van der Waals surface area (Å²) < 4.78 is 1.27. The largest absolute Gasteiger partial charge is 1.00 e. The van der Waals surface area contributed by atoms with Crippen LogP contribution < -0.4 is 12.4 Å². The van der Waals surface area contributed by atoms with Gasteiger partial charge in [-0.2, -0.15) is 4.89 Å². The number of nitrogens with zero attached hydrogens (tertiary/aromatic N) is 1. The molecule has 0 spiro atoms. The highest BCUT2D eigenvalue weighted by atomic mass is 35.5. The number of rotatable bonds is 15. The van der Waals surface area contributed by atoms with E-state index >= 15 is 0 Å². The van der Waals surface area contributed by atoms with Gasteiger partial charge in [-0.1, -0.05) is 32.1 Å². The highest BCUT2D eigenvalue weighted by Crippen LogP contribution is 2.14. The molecule has 0 fully saturated rings. The molecule has 158 valence electrons. The molecule has 5 heteroatoms. The first kappa shape index (κ1) is 27.9. The Morgan fingerprint density at radius 2 is 1.19 bits per heavy atom. The van der Waals surface area contributed by atoms with Crippen molar-refractivity contribution in [1.29, 1.82) is 0 Å². The zero-order valence-corrected chi connectivity index (χ0v) is 19.0. The van der Waals surface area contributed by atoms with Gasteiger partial charge in [-0.3, -0.25) is 4.89 Å². The van der Waals surface area contributed by atoms with E-state index in [-0.39, 0.29) is 18.4 Å². The summed E-state index contributed by atoms with van der Waals surface area (Å²) >= 11 is 0. The van der Waals surface area contributed by atoms with Crippen LogP contribution >= 0.6 is 0 Å². The molecule has 0 aromatic heterocycles. The smallest absolute Gasteiger partial charge is 0.342 e. The van der Waals surface area contributed by atoms with E-state index in [2.05, 4.69) is 20.8 Å².